The van der Waals surface area contributed by atoms with Gasteiger partial charge in [0.25, 0.3) is 0 Å². The molecule has 43 heavy (non-hydrogen) atoms. The number of phenols is 1. The number of hydrogen-bond donors (Lipinski definition) is 2. The van der Waals surface area contributed by atoms with Gasteiger partial charge in [-0.1, -0.05) is 47.0 Å². The van der Waals surface area contributed by atoms with Crippen molar-refractivity contribution in [1.29, 1.82) is 0 Å². The van der Waals surface area contributed by atoms with Gasteiger partial charge in [0.2, 0.25) is 11.8 Å². The predicted molar refractivity (Wildman–Crippen MR) is 172 cm³/mol. The first-order valence-corrected chi connectivity index (χ1v) is 16.5. The summed E-state index contributed by atoms with van der Waals surface area (Å²) < 4.78 is 7.07. The molecule has 4 atom stereocenters. The molecule has 1 aliphatic carbocycles. The minimum absolute atomic E-state index is 0.0946. The van der Waals surface area contributed by atoms with Gasteiger partial charge in [-0.3, -0.25) is 19.5 Å². The van der Waals surface area contributed by atoms with E-state index in [1.165, 1.54) is 10.5 Å². The number of rotatable bonds is 9. The topological polar surface area (TPSA) is 100.0 Å². The summed E-state index contributed by atoms with van der Waals surface area (Å²) in [6.45, 7) is 2.43. The van der Waals surface area contributed by atoms with Crippen molar-refractivity contribution >= 4 is 57.8 Å². The molecule has 4 heterocycles. The van der Waals surface area contributed by atoms with Crippen LogP contribution < -0.4 is 0 Å². The maximum absolute atomic E-state index is 13.8. The quantitative estimate of drug-likeness (QED) is 0.150. The van der Waals surface area contributed by atoms with Gasteiger partial charge in [-0.15, -0.1) is 11.3 Å². The number of thiophene rings is 1. The number of likely N-dealkylation sites (tertiary alicyclic amines) is 1. The molecule has 1 aromatic carbocycles. The van der Waals surface area contributed by atoms with Crippen LogP contribution in [0.5, 0.6) is 5.75 Å². The standard InChI is InChI=1S/C33H34BBrN2O5S/c1-2-6-21-17-25-31(33(40)37(32(25)39)19-24-7-5-14-43-24)26-18-34(41)42-29(30(21)26)12-9-20(27-8-3-4-13-36-27)15-22-16-23(35)10-11-28(22)38/h3-5,7-8,10-11,13-16,25-26,29,31,38,41H,2,6,9,12,17-19H2,1H3/b20-15-/t25-,26+,29-,31-/m1/s1. The SMILES string of the molecule is CCCC1=C2[C@@H](CC/C(=C/c3cc(Br)ccc3O)c3ccccn3)OB(O)C[C@@H]2[C@@H]2C(=O)N(Cc3cccs3)C(=O)[C@@H]2C1. The Hall–Kier alpha value is -3.05. The van der Waals surface area contributed by atoms with E-state index in [1.54, 1.807) is 29.7 Å². The first-order chi connectivity index (χ1) is 20.8. The Morgan fingerprint density at radius 1 is 1.19 bits per heavy atom. The van der Waals surface area contributed by atoms with Gasteiger partial charge in [0.1, 0.15) is 5.75 Å². The smallest absolute Gasteiger partial charge is 0.455 e. The molecular formula is C33H34BBrN2O5S. The van der Waals surface area contributed by atoms with Crippen LogP contribution in [-0.2, 0) is 20.8 Å². The summed E-state index contributed by atoms with van der Waals surface area (Å²) in [5, 5.41) is 23.5. The number of carbonyl (C=O) groups is 2. The number of imide groups is 1. The molecule has 7 nitrogen and oxygen atoms in total. The number of aromatic nitrogens is 1. The van der Waals surface area contributed by atoms with Crippen LogP contribution in [0, 0.1) is 17.8 Å². The van der Waals surface area contributed by atoms with Gasteiger partial charge in [0.05, 0.1) is 30.2 Å². The number of halogens is 1. The fraction of sp³-hybridized carbons (Fsp3) is 0.364. The summed E-state index contributed by atoms with van der Waals surface area (Å²) in [5.74, 6) is -1.17. The third-order valence-electron chi connectivity index (χ3n) is 8.83. The first kappa shape index (κ1) is 30.0. The molecule has 0 radical (unpaired) electrons. The van der Waals surface area contributed by atoms with Crippen LogP contribution >= 0.6 is 27.3 Å². The number of hydrogen-bond acceptors (Lipinski definition) is 7. The van der Waals surface area contributed by atoms with E-state index in [-0.39, 0.29) is 23.5 Å². The van der Waals surface area contributed by atoms with E-state index in [0.717, 1.165) is 39.0 Å². The molecule has 2 amide bonds. The molecule has 0 unspecified atom stereocenters. The van der Waals surface area contributed by atoms with Crippen LogP contribution in [0.4, 0.5) is 0 Å². The number of allylic oxidation sites excluding steroid dienone is 2. The van der Waals surface area contributed by atoms with Gasteiger partial charge in [-0.2, -0.15) is 0 Å². The molecule has 6 rings (SSSR count). The van der Waals surface area contributed by atoms with E-state index in [4.69, 9.17) is 4.65 Å². The number of carbonyl (C=O) groups excluding carboxylic acids is 2. The Kier molecular flexibility index (Phi) is 9.00. The molecule has 0 spiro atoms. The Morgan fingerprint density at radius 3 is 2.79 bits per heavy atom. The lowest BCUT2D eigenvalue weighted by Crippen LogP contribution is -2.46. The Balaban J connectivity index is 1.32. The van der Waals surface area contributed by atoms with Crippen molar-refractivity contribution in [2.24, 2.45) is 17.8 Å². The van der Waals surface area contributed by atoms with Gasteiger partial charge in [0.15, 0.2) is 0 Å². The van der Waals surface area contributed by atoms with Crippen molar-refractivity contribution in [3.05, 3.63) is 91.9 Å². The molecular weight excluding hydrogens is 627 g/mol. The van der Waals surface area contributed by atoms with Crippen molar-refractivity contribution < 1.29 is 24.4 Å². The summed E-state index contributed by atoms with van der Waals surface area (Å²) in [7, 11) is -1.02. The third kappa shape index (κ3) is 6.16. The average Bonchev–Trinajstić information content (AvgIpc) is 3.60. The second-order valence-electron chi connectivity index (χ2n) is 11.5. The fourth-order valence-corrected chi connectivity index (χ4v) is 8.10. The van der Waals surface area contributed by atoms with E-state index in [9.17, 15) is 19.7 Å². The van der Waals surface area contributed by atoms with E-state index in [0.29, 0.717) is 37.7 Å². The maximum atomic E-state index is 13.8. The number of amides is 2. The molecule has 10 heteroatoms. The van der Waals surface area contributed by atoms with Gasteiger partial charge >= 0.3 is 7.12 Å². The maximum Gasteiger partial charge on any atom is 0.455 e. The number of benzene rings is 1. The van der Waals surface area contributed by atoms with Crippen LogP contribution in [0.1, 0.15) is 55.2 Å². The molecule has 2 aliphatic heterocycles. The zero-order chi connectivity index (χ0) is 30.1. The van der Waals surface area contributed by atoms with Crippen LogP contribution in [0.25, 0.3) is 11.6 Å². The van der Waals surface area contributed by atoms with Gasteiger partial charge < -0.3 is 14.8 Å². The highest BCUT2D eigenvalue weighted by molar-refractivity contribution is 9.10. The summed E-state index contributed by atoms with van der Waals surface area (Å²) in [5.41, 5.74) is 4.68. The number of aromatic hydroxyl groups is 1. The lowest BCUT2D eigenvalue weighted by atomic mass is 9.58. The molecule has 2 fully saturated rings. The molecule has 2 saturated heterocycles. The lowest BCUT2D eigenvalue weighted by Gasteiger charge is -2.43. The normalized spacial score (nSPS) is 24.0. The van der Waals surface area contributed by atoms with Crippen LogP contribution in [0.3, 0.4) is 0 Å². The van der Waals surface area contributed by atoms with Gasteiger partial charge in [-0.25, -0.2) is 0 Å². The molecule has 0 bridgehead atoms. The second kappa shape index (κ2) is 12.9. The largest absolute Gasteiger partial charge is 0.507 e. The van der Waals surface area contributed by atoms with Crippen molar-refractivity contribution in [3.8, 4) is 5.75 Å². The summed E-state index contributed by atoms with van der Waals surface area (Å²) >= 11 is 5.04. The van der Waals surface area contributed by atoms with Crippen molar-refractivity contribution in [2.45, 2.75) is 58.0 Å². The van der Waals surface area contributed by atoms with E-state index in [1.807, 2.05) is 47.9 Å². The molecule has 222 valence electrons. The van der Waals surface area contributed by atoms with E-state index in [2.05, 4.69) is 27.8 Å². The highest BCUT2D eigenvalue weighted by Gasteiger charge is 2.57. The average molecular weight is 661 g/mol. The zero-order valence-corrected chi connectivity index (χ0v) is 26.4. The Bertz CT molecular complexity index is 1560. The van der Waals surface area contributed by atoms with E-state index < -0.39 is 25.1 Å². The minimum atomic E-state index is -1.02. The predicted octanol–water partition coefficient (Wildman–Crippen LogP) is 6.73. The van der Waals surface area contributed by atoms with Crippen molar-refractivity contribution in [2.75, 3.05) is 0 Å². The Labute approximate surface area is 264 Å². The highest BCUT2D eigenvalue weighted by atomic mass is 79.9. The van der Waals surface area contributed by atoms with Crippen LogP contribution in [0.2, 0.25) is 6.32 Å². The summed E-state index contributed by atoms with van der Waals surface area (Å²) in [6.07, 6.45) is 7.03. The van der Waals surface area contributed by atoms with Crippen LogP contribution in [-0.4, -0.2) is 45.1 Å². The number of pyridine rings is 1. The molecule has 0 saturated carbocycles. The summed E-state index contributed by atoms with van der Waals surface area (Å²) in [4.78, 5) is 34.5. The van der Waals surface area contributed by atoms with E-state index >= 15 is 0 Å². The minimum Gasteiger partial charge on any atom is -0.507 e. The van der Waals surface area contributed by atoms with Gasteiger partial charge in [-0.05, 0) is 96.9 Å². The van der Waals surface area contributed by atoms with Crippen molar-refractivity contribution in [1.82, 2.24) is 9.88 Å². The molecule has 3 aromatic rings. The number of fused-ring (bicyclic) bond motifs is 3. The molecule has 3 aliphatic rings. The fourth-order valence-electron chi connectivity index (χ4n) is 7.02. The zero-order valence-electron chi connectivity index (χ0n) is 24.0. The second-order valence-corrected chi connectivity index (χ2v) is 13.5. The highest BCUT2D eigenvalue weighted by Crippen LogP contribution is 2.52. The van der Waals surface area contributed by atoms with Crippen LogP contribution in [0.15, 0.2) is 75.7 Å². The number of nitrogens with zero attached hydrogens (tertiary/aromatic N) is 2. The van der Waals surface area contributed by atoms with Gasteiger partial charge in [0, 0.05) is 21.1 Å². The third-order valence-corrected chi connectivity index (χ3v) is 10.2. The Morgan fingerprint density at radius 2 is 2.05 bits per heavy atom. The lowest BCUT2D eigenvalue weighted by molar-refractivity contribution is -0.140. The monoisotopic (exact) mass is 660 g/mol. The number of phenolic OH excluding ortho intramolecular Hbond substituents is 1. The summed E-state index contributed by atoms with van der Waals surface area (Å²) in [6, 6.07) is 14.9. The molecule has 2 aromatic heterocycles. The van der Waals surface area contributed by atoms with Crippen molar-refractivity contribution in [3.63, 3.8) is 0 Å². The molecule has 2 N–H and O–H groups in total. The first-order valence-electron chi connectivity index (χ1n) is 14.9.